The average molecular weight is 236 g/mol. The summed E-state index contributed by atoms with van der Waals surface area (Å²) in [5.74, 6) is 0. The van der Waals surface area contributed by atoms with Gasteiger partial charge in [-0.15, -0.1) is 0 Å². The minimum Gasteiger partial charge on any atom is -0.378 e. The summed E-state index contributed by atoms with van der Waals surface area (Å²) >= 11 is 0. The summed E-state index contributed by atoms with van der Waals surface area (Å²) in [5, 5.41) is 4.76. The summed E-state index contributed by atoms with van der Waals surface area (Å²) in [4.78, 5) is 4.38. The summed E-state index contributed by atoms with van der Waals surface area (Å²) < 4.78 is 0. The predicted molar refractivity (Wildman–Crippen MR) is 76.7 cm³/mol. The first-order valence-corrected chi connectivity index (χ1v) is 6.30. The van der Waals surface area contributed by atoms with Crippen molar-refractivity contribution in [3.05, 3.63) is 60.3 Å². The van der Waals surface area contributed by atoms with Gasteiger partial charge < -0.3 is 5.32 Å². The fraction of sp³-hybridized carbons (Fsp3) is 0.188. The van der Waals surface area contributed by atoms with E-state index in [9.17, 15) is 0 Å². The number of pyridine rings is 1. The van der Waals surface area contributed by atoms with E-state index < -0.39 is 0 Å². The summed E-state index contributed by atoms with van der Waals surface area (Å²) in [6.45, 7) is 2.20. The highest BCUT2D eigenvalue weighted by Gasteiger charge is 2.10. The van der Waals surface area contributed by atoms with Crippen molar-refractivity contribution < 1.29 is 0 Å². The molecule has 0 fully saturated rings. The molecule has 1 N–H and O–H groups in total. The van der Waals surface area contributed by atoms with Crippen LogP contribution in [0.1, 0.15) is 13.3 Å². The Balaban J connectivity index is 1.90. The number of benzene rings is 1. The molecule has 0 bridgehead atoms. The molecule has 18 heavy (non-hydrogen) atoms. The van der Waals surface area contributed by atoms with Gasteiger partial charge >= 0.3 is 0 Å². The highest BCUT2D eigenvalue weighted by atomic mass is 14.9. The van der Waals surface area contributed by atoms with Gasteiger partial charge in [-0.3, -0.25) is 4.98 Å². The van der Waals surface area contributed by atoms with Gasteiger partial charge in [0.15, 0.2) is 0 Å². The lowest BCUT2D eigenvalue weighted by Crippen LogP contribution is -2.17. The molecular formula is C16H16N2. The van der Waals surface area contributed by atoms with Gasteiger partial charge in [-0.2, -0.15) is 0 Å². The maximum absolute atomic E-state index is 4.38. The van der Waals surface area contributed by atoms with Crippen molar-refractivity contribution in [2.75, 3.05) is 5.32 Å². The van der Waals surface area contributed by atoms with Crippen LogP contribution in [-0.2, 0) is 0 Å². The lowest BCUT2D eigenvalue weighted by atomic mass is 10.1. The third-order valence-electron chi connectivity index (χ3n) is 3.37. The molecule has 2 aromatic rings. The Labute approximate surface area is 107 Å². The van der Waals surface area contributed by atoms with Gasteiger partial charge in [0.1, 0.15) is 0 Å². The number of nitrogens with zero attached hydrogens (tertiary/aromatic N) is 1. The molecule has 0 amide bonds. The van der Waals surface area contributed by atoms with Gasteiger partial charge in [-0.25, -0.2) is 0 Å². The fourth-order valence-electron chi connectivity index (χ4n) is 2.34. The van der Waals surface area contributed by atoms with Crippen LogP contribution in [0, 0.1) is 0 Å². The molecule has 1 aromatic heterocycles. The van der Waals surface area contributed by atoms with E-state index in [4.69, 9.17) is 0 Å². The summed E-state index contributed by atoms with van der Waals surface area (Å²) in [5.41, 5.74) is 3.62. The van der Waals surface area contributed by atoms with Crippen molar-refractivity contribution in [1.82, 2.24) is 4.98 Å². The van der Waals surface area contributed by atoms with Crippen LogP contribution >= 0.6 is 0 Å². The van der Waals surface area contributed by atoms with Crippen LogP contribution in [0.15, 0.2) is 60.3 Å². The minimum atomic E-state index is 0.353. The zero-order valence-electron chi connectivity index (χ0n) is 10.4. The Kier molecular flexibility index (Phi) is 2.85. The van der Waals surface area contributed by atoms with Gasteiger partial charge in [-0.1, -0.05) is 24.3 Å². The molecule has 0 saturated carbocycles. The molecular weight excluding hydrogens is 220 g/mol. The number of hydrogen-bond acceptors (Lipinski definition) is 2. The molecule has 1 heterocycles. The van der Waals surface area contributed by atoms with E-state index in [-0.39, 0.29) is 0 Å². The third kappa shape index (κ3) is 2.02. The highest BCUT2D eigenvalue weighted by molar-refractivity contribution is 5.91. The third-order valence-corrected chi connectivity index (χ3v) is 3.37. The molecule has 2 nitrogen and oxygen atoms in total. The Hall–Kier alpha value is -2.09. The van der Waals surface area contributed by atoms with E-state index >= 15 is 0 Å². The molecule has 0 radical (unpaired) electrons. The Morgan fingerprint density at radius 1 is 1.22 bits per heavy atom. The number of fused-ring (bicyclic) bond motifs is 1. The largest absolute Gasteiger partial charge is 0.378 e. The Morgan fingerprint density at radius 3 is 3.00 bits per heavy atom. The highest BCUT2D eigenvalue weighted by Crippen LogP contribution is 2.24. The maximum Gasteiger partial charge on any atom is 0.0722 e. The van der Waals surface area contributed by atoms with E-state index in [2.05, 4.69) is 47.6 Å². The number of allylic oxidation sites excluding steroid dienone is 3. The van der Waals surface area contributed by atoms with Crippen molar-refractivity contribution in [3.63, 3.8) is 0 Å². The van der Waals surface area contributed by atoms with Crippen LogP contribution in [0.25, 0.3) is 10.9 Å². The maximum atomic E-state index is 4.38. The van der Waals surface area contributed by atoms with Gasteiger partial charge in [0, 0.05) is 23.3 Å². The van der Waals surface area contributed by atoms with E-state index in [0.717, 1.165) is 17.6 Å². The molecule has 2 heteroatoms. The van der Waals surface area contributed by atoms with Crippen molar-refractivity contribution >= 4 is 16.6 Å². The number of nitrogens with one attached hydrogen (secondary N) is 1. The molecule has 1 atom stereocenters. The van der Waals surface area contributed by atoms with E-state index in [1.54, 1.807) is 0 Å². The lowest BCUT2D eigenvalue weighted by molar-refractivity contribution is 0.901. The molecule has 0 saturated heterocycles. The first kappa shape index (κ1) is 11.0. The zero-order chi connectivity index (χ0) is 12.4. The van der Waals surface area contributed by atoms with E-state index in [1.807, 2.05) is 24.4 Å². The van der Waals surface area contributed by atoms with Crippen molar-refractivity contribution in [2.45, 2.75) is 19.4 Å². The fourth-order valence-corrected chi connectivity index (χ4v) is 2.34. The number of anilines is 1. The molecule has 0 aliphatic heterocycles. The standard InChI is InChI=1S/C16H16N2/c1-12(13-6-2-3-7-13)18-16-10-4-9-15-14(16)8-5-11-17-15/h2-6,8-12,18H,7H2,1H3. The van der Waals surface area contributed by atoms with Gasteiger partial charge in [0.25, 0.3) is 0 Å². The Bertz CT molecular complexity index is 621. The second-order valence-corrected chi connectivity index (χ2v) is 4.62. The SMILES string of the molecule is CC(Nc1cccc2ncccc12)C1=CC=CC1. The van der Waals surface area contributed by atoms with E-state index in [0.29, 0.717) is 6.04 Å². The lowest BCUT2D eigenvalue weighted by Gasteiger charge is -2.18. The molecule has 3 rings (SSSR count). The van der Waals surface area contributed by atoms with Crippen molar-refractivity contribution in [2.24, 2.45) is 0 Å². The molecule has 1 aliphatic carbocycles. The monoisotopic (exact) mass is 236 g/mol. The molecule has 0 spiro atoms. The van der Waals surface area contributed by atoms with Crippen molar-refractivity contribution in [3.8, 4) is 0 Å². The number of aromatic nitrogens is 1. The van der Waals surface area contributed by atoms with Gasteiger partial charge in [0.2, 0.25) is 0 Å². The Morgan fingerprint density at radius 2 is 2.17 bits per heavy atom. The first-order chi connectivity index (χ1) is 8.84. The van der Waals surface area contributed by atoms with Crippen LogP contribution in [0.5, 0.6) is 0 Å². The predicted octanol–water partition coefficient (Wildman–Crippen LogP) is 3.92. The van der Waals surface area contributed by atoms with Gasteiger partial charge in [0.05, 0.1) is 5.52 Å². The average Bonchev–Trinajstić information content (AvgIpc) is 2.93. The normalized spacial score (nSPS) is 15.7. The van der Waals surface area contributed by atoms with Gasteiger partial charge in [-0.05, 0) is 43.2 Å². The summed E-state index contributed by atoms with van der Waals surface area (Å²) in [6, 6.07) is 10.6. The topological polar surface area (TPSA) is 24.9 Å². The van der Waals surface area contributed by atoms with Crippen LogP contribution in [0.4, 0.5) is 5.69 Å². The minimum absolute atomic E-state index is 0.353. The smallest absolute Gasteiger partial charge is 0.0722 e. The quantitative estimate of drug-likeness (QED) is 0.873. The second kappa shape index (κ2) is 4.65. The summed E-state index contributed by atoms with van der Waals surface area (Å²) in [7, 11) is 0. The van der Waals surface area contributed by atoms with Crippen LogP contribution < -0.4 is 5.32 Å². The van der Waals surface area contributed by atoms with E-state index in [1.165, 1.54) is 11.0 Å². The number of rotatable bonds is 3. The number of hydrogen-bond donors (Lipinski definition) is 1. The van der Waals surface area contributed by atoms with Crippen LogP contribution in [-0.4, -0.2) is 11.0 Å². The first-order valence-electron chi connectivity index (χ1n) is 6.30. The molecule has 1 unspecified atom stereocenters. The van der Waals surface area contributed by atoms with Crippen LogP contribution in [0.3, 0.4) is 0 Å². The molecule has 1 aromatic carbocycles. The molecule has 1 aliphatic rings. The second-order valence-electron chi connectivity index (χ2n) is 4.62. The summed E-state index contributed by atoms with van der Waals surface area (Å²) in [6.07, 6.45) is 9.40. The van der Waals surface area contributed by atoms with Crippen molar-refractivity contribution in [1.29, 1.82) is 0 Å². The zero-order valence-corrected chi connectivity index (χ0v) is 10.4. The molecule has 90 valence electrons. The van der Waals surface area contributed by atoms with Crippen LogP contribution in [0.2, 0.25) is 0 Å².